The van der Waals surface area contributed by atoms with Crippen molar-refractivity contribution in [2.75, 3.05) is 0 Å². The van der Waals surface area contributed by atoms with Gasteiger partial charge in [-0.25, -0.2) is 0 Å². The Hall–Kier alpha value is -0.530. The molecule has 0 aromatic carbocycles. The van der Waals surface area contributed by atoms with Gasteiger partial charge in [-0.3, -0.25) is 4.79 Å². The quantitative estimate of drug-likeness (QED) is 0.634. The van der Waals surface area contributed by atoms with E-state index in [2.05, 4.69) is 34.6 Å². The second-order valence-electron chi connectivity index (χ2n) is 6.98. The molecule has 1 saturated heterocycles. The minimum atomic E-state index is -0.0207. The molecule has 2 nitrogen and oxygen atoms in total. The Balaban J connectivity index is 2.27. The molecule has 0 spiro atoms. The Morgan fingerprint density at radius 3 is 2.00 bits per heavy atom. The number of hydrogen-bond acceptors (Lipinski definition) is 2. The fourth-order valence-corrected chi connectivity index (χ4v) is 3.47. The first-order valence-corrected chi connectivity index (χ1v) is 7.51. The van der Waals surface area contributed by atoms with E-state index < -0.39 is 0 Å². The average molecular weight is 254 g/mol. The standard InChI is InChI=1S/C16H30O2/c1-10(2)7-11(3)8-12(4)9-13(5)15-14(6)16(17)18-15/h10-15H,7-9H2,1-6H3/t11?,12?,13-,14+,15?/m0/s1. The molecule has 0 radical (unpaired) electrons. The zero-order chi connectivity index (χ0) is 13.9. The highest BCUT2D eigenvalue weighted by molar-refractivity contribution is 5.78. The fraction of sp³-hybridized carbons (Fsp3) is 0.938. The van der Waals surface area contributed by atoms with Crippen LogP contribution in [0.4, 0.5) is 0 Å². The van der Waals surface area contributed by atoms with Crippen molar-refractivity contribution in [1.82, 2.24) is 0 Å². The molecule has 0 aliphatic carbocycles. The van der Waals surface area contributed by atoms with Gasteiger partial charge in [-0.15, -0.1) is 0 Å². The molecule has 3 unspecified atom stereocenters. The molecule has 1 aliphatic rings. The van der Waals surface area contributed by atoms with Crippen LogP contribution in [0.3, 0.4) is 0 Å². The maximum atomic E-state index is 11.1. The van der Waals surface area contributed by atoms with E-state index in [0.29, 0.717) is 5.92 Å². The molecule has 18 heavy (non-hydrogen) atoms. The van der Waals surface area contributed by atoms with Gasteiger partial charge in [0.05, 0.1) is 5.92 Å². The summed E-state index contributed by atoms with van der Waals surface area (Å²) in [5, 5.41) is 0. The molecule has 1 fully saturated rings. The molecule has 0 saturated carbocycles. The van der Waals surface area contributed by atoms with Gasteiger partial charge in [0.2, 0.25) is 0 Å². The van der Waals surface area contributed by atoms with Crippen molar-refractivity contribution < 1.29 is 9.53 Å². The van der Waals surface area contributed by atoms with Crippen molar-refractivity contribution in [2.45, 2.75) is 66.9 Å². The van der Waals surface area contributed by atoms with E-state index >= 15 is 0 Å². The van der Waals surface area contributed by atoms with Gasteiger partial charge in [-0.1, -0.05) is 34.6 Å². The van der Waals surface area contributed by atoms with Crippen LogP contribution in [0.25, 0.3) is 0 Å². The third-order valence-electron chi connectivity index (χ3n) is 4.13. The molecule has 0 N–H and O–H groups in total. The van der Waals surface area contributed by atoms with Crippen molar-refractivity contribution in [3.8, 4) is 0 Å². The van der Waals surface area contributed by atoms with E-state index in [0.717, 1.165) is 17.8 Å². The molecular formula is C16H30O2. The van der Waals surface area contributed by atoms with Gasteiger partial charge in [0.25, 0.3) is 0 Å². The van der Waals surface area contributed by atoms with Crippen LogP contribution in [-0.2, 0) is 9.53 Å². The maximum Gasteiger partial charge on any atom is 0.312 e. The number of ether oxygens (including phenoxy) is 1. The van der Waals surface area contributed by atoms with Crippen LogP contribution in [0, 0.1) is 29.6 Å². The van der Waals surface area contributed by atoms with Crippen molar-refractivity contribution in [3.05, 3.63) is 0 Å². The smallest absolute Gasteiger partial charge is 0.312 e. The Labute approximate surface area is 112 Å². The van der Waals surface area contributed by atoms with Gasteiger partial charge >= 0.3 is 5.97 Å². The first kappa shape index (κ1) is 15.5. The second kappa shape index (κ2) is 6.58. The summed E-state index contributed by atoms with van der Waals surface area (Å²) in [4.78, 5) is 11.1. The lowest BCUT2D eigenvalue weighted by molar-refractivity contribution is -0.189. The van der Waals surface area contributed by atoms with Gasteiger partial charge in [-0.2, -0.15) is 0 Å². The van der Waals surface area contributed by atoms with Gasteiger partial charge in [-0.05, 0) is 49.9 Å². The molecule has 0 amide bonds. The fourth-order valence-electron chi connectivity index (χ4n) is 3.47. The predicted octanol–water partition coefficient (Wildman–Crippen LogP) is 4.28. The SMILES string of the molecule is CC(C)CC(C)CC(C)C[C@H](C)C1OC(=O)[C@@H]1C. The van der Waals surface area contributed by atoms with Crippen LogP contribution in [0.1, 0.15) is 60.8 Å². The molecule has 5 atom stereocenters. The summed E-state index contributed by atoms with van der Waals surface area (Å²) in [6.07, 6.45) is 3.94. The second-order valence-corrected chi connectivity index (χ2v) is 6.98. The van der Waals surface area contributed by atoms with E-state index in [4.69, 9.17) is 4.74 Å². The van der Waals surface area contributed by atoms with Gasteiger partial charge in [0.1, 0.15) is 6.10 Å². The summed E-state index contributed by atoms with van der Waals surface area (Å²) >= 11 is 0. The van der Waals surface area contributed by atoms with Gasteiger partial charge in [0.15, 0.2) is 0 Å². The molecule has 2 heteroatoms. The third kappa shape index (κ3) is 4.29. The lowest BCUT2D eigenvalue weighted by Gasteiger charge is -2.38. The lowest BCUT2D eigenvalue weighted by atomic mass is 9.80. The summed E-state index contributed by atoms with van der Waals surface area (Å²) in [6, 6.07) is 0. The van der Waals surface area contributed by atoms with E-state index in [9.17, 15) is 4.79 Å². The van der Waals surface area contributed by atoms with Crippen molar-refractivity contribution in [3.63, 3.8) is 0 Å². The summed E-state index contributed by atoms with van der Waals surface area (Å²) in [5.41, 5.74) is 0. The van der Waals surface area contributed by atoms with Crippen LogP contribution in [0.5, 0.6) is 0 Å². The number of cyclic esters (lactones) is 1. The summed E-state index contributed by atoms with van der Waals surface area (Å²) in [6.45, 7) is 13.5. The van der Waals surface area contributed by atoms with Crippen LogP contribution in [0.2, 0.25) is 0 Å². The Kier molecular flexibility index (Phi) is 5.68. The molecule has 1 aliphatic heterocycles. The van der Waals surface area contributed by atoms with E-state index in [1.165, 1.54) is 19.3 Å². The molecule has 0 bridgehead atoms. The van der Waals surface area contributed by atoms with E-state index in [1.54, 1.807) is 0 Å². The molecule has 1 rings (SSSR count). The Morgan fingerprint density at radius 1 is 1.00 bits per heavy atom. The highest BCUT2D eigenvalue weighted by atomic mass is 16.6. The van der Waals surface area contributed by atoms with E-state index in [1.807, 2.05) is 6.92 Å². The number of carbonyl (C=O) groups is 1. The first-order chi connectivity index (χ1) is 8.31. The predicted molar refractivity (Wildman–Crippen MR) is 75.2 cm³/mol. The van der Waals surface area contributed by atoms with Crippen LogP contribution >= 0.6 is 0 Å². The highest BCUT2D eigenvalue weighted by Crippen LogP contribution is 2.33. The molecule has 106 valence electrons. The van der Waals surface area contributed by atoms with Crippen molar-refractivity contribution in [2.24, 2.45) is 29.6 Å². The molecule has 0 aromatic heterocycles. The van der Waals surface area contributed by atoms with Gasteiger partial charge < -0.3 is 4.74 Å². The number of esters is 1. The summed E-state index contributed by atoms with van der Waals surface area (Å²) in [7, 11) is 0. The number of carbonyl (C=O) groups excluding carboxylic acids is 1. The van der Waals surface area contributed by atoms with Crippen LogP contribution in [0.15, 0.2) is 0 Å². The minimum Gasteiger partial charge on any atom is -0.461 e. The maximum absolute atomic E-state index is 11.1. The zero-order valence-electron chi connectivity index (χ0n) is 12.9. The van der Waals surface area contributed by atoms with Crippen LogP contribution < -0.4 is 0 Å². The summed E-state index contributed by atoms with van der Waals surface area (Å²) in [5.74, 6) is 2.90. The van der Waals surface area contributed by atoms with Gasteiger partial charge in [0, 0.05) is 0 Å². The zero-order valence-corrected chi connectivity index (χ0v) is 12.9. The van der Waals surface area contributed by atoms with E-state index in [-0.39, 0.29) is 18.0 Å². The highest BCUT2D eigenvalue weighted by Gasteiger charge is 2.42. The lowest BCUT2D eigenvalue weighted by Crippen LogP contribution is -2.47. The monoisotopic (exact) mass is 254 g/mol. The Morgan fingerprint density at radius 2 is 1.56 bits per heavy atom. The molecular weight excluding hydrogens is 224 g/mol. The topological polar surface area (TPSA) is 26.3 Å². The number of rotatable bonds is 7. The van der Waals surface area contributed by atoms with Crippen molar-refractivity contribution in [1.29, 1.82) is 0 Å². The largest absolute Gasteiger partial charge is 0.461 e. The third-order valence-corrected chi connectivity index (χ3v) is 4.13. The average Bonchev–Trinajstić information content (AvgIpc) is 2.23. The summed E-state index contributed by atoms with van der Waals surface area (Å²) < 4.78 is 5.24. The number of hydrogen-bond donors (Lipinski definition) is 0. The van der Waals surface area contributed by atoms with Crippen molar-refractivity contribution >= 4 is 5.97 Å². The first-order valence-electron chi connectivity index (χ1n) is 7.51. The van der Waals surface area contributed by atoms with Crippen LogP contribution in [-0.4, -0.2) is 12.1 Å². The normalized spacial score (nSPS) is 28.5. The minimum absolute atomic E-state index is 0.0207. The Bertz CT molecular complexity index is 272. The molecule has 0 aromatic rings. The molecule has 1 heterocycles.